The van der Waals surface area contributed by atoms with E-state index >= 15 is 0 Å². The van der Waals surface area contributed by atoms with Crippen LogP contribution in [0.25, 0.3) is 0 Å². The van der Waals surface area contributed by atoms with Crippen LogP contribution in [0, 0.1) is 0 Å². The Morgan fingerprint density at radius 1 is 1.03 bits per heavy atom. The number of carbonyl (C=O) groups excluding carboxylic acids is 2. The maximum Gasteiger partial charge on any atom is 0.326 e. The predicted octanol–water partition coefficient (Wildman–Crippen LogP) is 5.50. The fraction of sp³-hybridized carbons (Fsp3) is 0.276. The Balaban J connectivity index is 1.70. The number of amides is 3. The standard InChI is InChI=1S/C29H28Cl2N4O4/c1-3-39-24-16-22(38-2)12-13-23(24)28-33-26(18-4-8-20(30)9-5-18)27(19-6-10-21(31)11-7-19)35(28)29(37)34-15-14-32-25(36)17-34/h4-13,16,26-27H,3,14-15,17H2,1-2H3,(H,32,36). The van der Waals surface area contributed by atoms with E-state index in [1.165, 1.54) is 0 Å². The minimum absolute atomic E-state index is 0.0392. The van der Waals surface area contributed by atoms with Crippen molar-refractivity contribution in [2.24, 2.45) is 4.99 Å². The van der Waals surface area contributed by atoms with Crippen molar-refractivity contribution in [2.45, 2.75) is 19.0 Å². The number of piperazine rings is 1. The molecule has 2 aliphatic heterocycles. The summed E-state index contributed by atoms with van der Waals surface area (Å²) in [6, 6.07) is 19.0. The number of methoxy groups -OCH3 is 1. The first-order valence-corrected chi connectivity index (χ1v) is 13.4. The zero-order valence-corrected chi connectivity index (χ0v) is 23.1. The van der Waals surface area contributed by atoms with E-state index in [9.17, 15) is 9.59 Å². The summed E-state index contributed by atoms with van der Waals surface area (Å²) in [7, 11) is 1.59. The molecule has 39 heavy (non-hydrogen) atoms. The normalized spacial score (nSPS) is 19.0. The average Bonchev–Trinajstić information content (AvgIpc) is 3.34. The van der Waals surface area contributed by atoms with Crippen LogP contribution in [-0.4, -0.2) is 60.9 Å². The smallest absolute Gasteiger partial charge is 0.326 e. The summed E-state index contributed by atoms with van der Waals surface area (Å²) in [5.41, 5.74) is 2.37. The molecule has 0 aromatic heterocycles. The van der Waals surface area contributed by atoms with E-state index in [0.717, 1.165) is 11.1 Å². The molecule has 1 N–H and O–H groups in total. The molecule has 0 saturated carbocycles. The lowest BCUT2D eigenvalue weighted by Crippen LogP contribution is -2.55. The van der Waals surface area contributed by atoms with Crippen molar-refractivity contribution >= 4 is 41.0 Å². The van der Waals surface area contributed by atoms with Crippen molar-refractivity contribution < 1.29 is 19.1 Å². The Morgan fingerprint density at radius 2 is 1.69 bits per heavy atom. The van der Waals surface area contributed by atoms with E-state index in [4.69, 9.17) is 37.7 Å². The molecule has 1 fully saturated rings. The van der Waals surface area contributed by atoms with Gasteiger partial charge in [0.05, 0.1) is 25.3 Å². The Morgan fingerprint density at radius 3 is 2.31 bits per heavy atom. The van der Waals surface area contributed by atoms with E-state index in [0.29, 0.717) is 52.6 Å². The zero-order valence-electron chi connectivity index (χ0n) is 21.6. The third kappa shape index (κ3) is 5.53. The number of aliphatic imine (C=N–C) groups is 1. The molecule has 1 saturated heterocycles. The van der Waals surface area contributed by atoms with Gasteiger partial charge >= 0.3 is 6.03 Å². The van der Waals surface area contributed by atoms with Crippen LogP contribution in [0.4, 0.5) is 4.79 Å². The second-order valence-corrected chi connectivity index (χ2v) is 10.0. The minimum atomic E-state index is -0.521. The maximum absolute atomic E-state index is 14.3. The van der Waals surface area contributed by atoms with E-state index in [1.54, 1.807) is 35.1 Å². The monoisotopic (exact) mass is 566 g/mol. The number of halogens is 2. The second kappa shape index (κ2) is 11.6. The SMILES string of the molecule is CCOc1cc(OC)ccc1C1=NC(c2ccc(Cl)cc2)C(c2ccc(Cl)cc2)N1C(=O)N1CCNC(=O)C1. The van der Waals surface area contributed by atoms with Gasteiger partial charge in [-0.05, 0) is 54.4 Å². The Labute approximate surface area is 237 Å². The fourth-order valence-corrected chi connectivity index (χ4v) is 5.15. The number of hydrogen-bond donors (Lipinski definition) is 1. The van der Waals surface area contributed by atoms with Crippen molar-refractivity contribution in [1.82, 2.24) is 15.1 Å². The van der Waals surface area contributed by atoms with Crippen molar-refractivity contribution in [3.8, 4) is 11.5 Å². The third-order valence-electron chi connectivity index (χ3n) is 6.73. The number of urea groups is 1. The van der Waals surface area contributed by atoms with Gasteiger partial charge in [-0.15, -0.1) is 0 Å². The summed E-state index contributed by atoms with van der Waals surface area (Å²) in [4.78, 5) is 34.9. The van der Waals surface area contributed by atoms with Crippen LogP contribution in [0.3, 0.4) is 0 Å². The van der Waals surface area contributed by atoms with E-state index in [-0.39, 0.29) is 18.5 Å². The number of amidine groups is 1. The largest absolute Gasteiger partial charge is 0.497 e. The molecule has 2 atom stereocenters. The molecule has 202 valence electrons. The van der Waals surface area contributed by atoms with Crippen molar-refractivity contribution in [3.63, 3.8) is 0 Å². The van der Waals surface area contributed by atoms with Crippen LogP contribution in [0.1, 0.15) is 35.7 Å². The average molecular weight is 567 g/mol. The Kier molecular flexibility index (Phi) is 7.95. The van der Waals surface area contributed by atoms with Crippen molar-refractivity contribution in [1.29, 1.82) is 0 Å². The zero-order chi connectivity index (χ0) is 27.5. The van der Waals surface area contributed by atoms with Gasteiger partial charge in [0.2, 0.25) is 5.91 Å². The molecule has 8 nitrogen and oxygen atoms in total. The molecule has 3 aromatic carbocycles. The van der Waals surface area contributed by atoms with Crippen LogP contribution in [-0.2, 0) is 4.79 Å². The molecular formula is C29H28Cl2N4O4. The molecule has 0 spiro atoms. The summed E-state index contributed by atoms with van der Waals surface area (Å²) in [6.45, 7) is 3.03. The van der Waals surface area contributed by atoms with Crippen molar-refractivity contribution in [3.05, 3.63) is 93.5 Å². The lowest BCUT2D eigenvalue weighted by atomic mass is 9.93. The fourth-order valence-electron chi connectivity index (χ4n) is 4.90. The molecule has 2 heterocycles. The number of hydrogen-bond acceptors (Lipinski definition) is 5. The van der Waals surface area contributed by atoms with Gasteiger partial charge in [-0.25, -0.2) is 4.79 Å². The van der Waals surface area contributed by atoms with Gasteiger partial charge in [0.15, 0.2) is 0 Å². The molecular weight excluding hydrogens is 539 g/mol. The lowest BCUT2D eigenvalue weighted by molar-refractivity contribution is -0.123. The molecule has 2 unspecified atom stereocenters. The minimum Gasteiger partial charge on any atom is -0.497 e. The first-order valence-electron chi connectivity index (χ1n) is 12.6. The summed E-state index contributed by atoms with van der Waals surface area (Å²) < 4.78 is 11.4. The topological polar surface area (TPSA) is 83.5 Å². The summed E-state index contributed by atoms with van der Waals surface area (Å²) in [5, 5.41) is 3.97. The van der Waals surface area contributed by atoms with E-state index < -0.39 is 12.1 Å². The van der Waals surface area contributed by atoms with Gasteiger partial charge in [0, 0.05) is 29.2 Å². The molecule has 0 bridgehead atoms. The molecule has 0 radical (unpaired) electrons. The first kappa shape index (κ1) is 26.8. The number of rotatable bonds is 6. The van der Waals surface area contributed by atoms with Crippen LogP contribution in [0.5, 0.6) is 11.5 Å². The predicted molar refractivity (Wildman–Crippen MR) is 151 cm³/mol. The van der Waals surface area contributed by atoms with E-state index in [2.05, 4.69) is 5.32 Å². The third-order valence-corrected chi connectivity index (χ3v) is 7.24. The summed E-state index contributed by atoms with van der Waals surface area (Å²) in [6.07, 6.45) is 0. The van der Waals surface area contributed by atoms with Crippen LogP contribution >= 0.6 is 23.2 Å². The maximum atomic E-state index is 14.3. The first-order chi connectivity index (χ1) is 18.9. The molecule has 5 rings (SSSR count). The summed E-state index contributed by atoms with van der Waals surface area (Å²) >= 11 is 12.4. The van der Waals surface area contributed by atoms with Gasteiger partial charge in [-0.2, -0.15) is 0 Å². The molecule has 2 aliphatic rings. The number of ether oxygens (including phenoxy) is 2. The van der Waals surface area contributed by atoms with Crippen LogP contribution < -0.4 is 14.8 Å². The number of benzene rings is 3. The Bertz CT molecular complexity index is 1400. The van der Waals surface area contributed by atoms with Gasteiger partial charge in [0.25, 0.3) is 0 Å². The lowest BCUT2D eigenvalue weighted by Gasteiger charge is -2.35. The molecule has 3 amide bonds. The summed E-state index contributed by atoms with van der Waals surface area (Å²) in [5.74, 6) is 1.40. The second-order valence-electron chi connectivity index (χ2n) is 9.16. The van der Waals surface area contributed by atoms with Gasteiger partial charge in [-0.3, -0.25) is 14.7 Å². The highest BCUT2D eigenvalue weighted by Crippen LogP contribution is 2.45. The highest BCUT2D eigenvalue weighted by Gasteiger charge is 2.45. The molecule has 3 aromatic rings. The van der Waals surface area contributed by atoms with Crippen LogP contribution in [0.2, 0.25) is 10.0 Å². The number of carbonyl (C=O) groups is 2. The number of nitrogens with one attached hydrogen (secondary N) is 1. The van der Waals surface area contributed by atoms with E-state index in [1.807, 2.05) is 55.5 Å². The van der Waals surface area contributed by atoms with Gasteiger partial charge in [0.1, 0.15) is 29.9 Å². The van der Waals surface area contributed by atoms with Gasteiger partial charge in [-0.1, -0.05) is 47.5 Å². The Hall–Kier alpha value is -3.75. The highest BCUT2D eigenvalue weighted by atomic mass is 35.5. The van der Waals surface area contributed by atoms with Gasteiger partial charge < -0.3 is 19.7 Å². The number of nitrogens with zero attached hydrogens (tertiary/aromatic N) is 3. The van der Waals surface area contributed by atoms with Crippen LogP contribution in [0.15, 0.2) is 71.7 Å². The van der Waals surface area contributed by atoms with Crippen molar-refractivity contribution in [2.75, 3.05) is 33.4 Å². The highest BCUT2D eigenvalue weighted by molar-refractivity contribution is 6.30. The quantitative estimate of drug-likeness (QED) is 0.427. The molecule has 0 aliphatic carbocycles. The molecule has 10 heteroatoms.